The Hall–Kier alpha value is -3.98. The quantitative estimate of drug-likeness (QED) is 0.662. The average Bonchev–Trinajstić information content (AvgIpc) is 2.65. The topological polar surface area (TPSA) is 141 Å². The fourth-order valence-electron chi connectivity index (χ4n) is 2.13. The first-order chi connectivity index (χ1) is 12.4. The van der Waals surface area contributed by atoms with Crippen molar-refractivity contribution in [1.29, 1.82) is 10.5 Å². The molecule has 130 valence electrons. The first kappa shape index (κ1) is 18.4. The Bertz CT molecular complexity index is 1040. The molecule has 9 nitrogen and oxygen atoms in total. The lowest BCUT2D eigenvalue weighted by Gasteiger charge is -2.08. The summed E-state index contributed by atoms with van der Waals surface area (Å²) in [4.78, 5) is 24.2. The minimum Gasteiger partial charge on any atom is -0.493 e. The fourth-order valence-corrected chi connectivity index (χ4v) is 2.13. The van der Waals surface area contributed by atoms with Crippen LogP contribution in [0.3, 0.4) is 0 Å². The van der Waals surface area contributed by atoms with Gasteiger partial charge in [-0.3, -0.25) is 9.36 Å². The summed E-state index contributed by atoms with van der Waals surface area (Å²) >= 11 is 0. The van der Waals surface area contributed by atoms with Crippen molar-refractivity contribution < 1.29 is 14.6 Å². The number of benzene rings is 1. The van der Waals surface area contributed by atoms with Crippen LogP contribution in [0.1, 0.15) is 21.5 Å². The van der Waals surface area contributed by atoms with Crippen molar-refractivity contribution in [1.82, 2.24) is 4.57 Å². The van der Waals surface area contributed by atoms with Crippen molar-refractivity contribution in [2.24, 2.45) is 17.3 Å². The van der Waals surface area contributed by atoms with E-state index in [4.69, 9.17) is 15.3 Å². The van der Waals surface area contributed by atoms with E-state index in [0.717, 1.165) is 4.57 Å². The molecule has 0 aliphatic rings. The second-order valence-electron chi connectivity index (χ2n) is 5.10. The Kier molecular flexibility index (Phi) is 5.46. The second kappa shape index (κ2) is 7.73. The van der Waals surface area contributed by atoms with Gasteiger partial charge in [0.25, 0.3) is 5.56 Å². The number of aromatic hydroxyl groups is 1. The number of esters is 1. The summed E-state index contributed by atoms with van der Waals surface area (Å²) < 4.78 is 5.63. The summed E-state index contributed by atoms with van der Waals surface area (Å²) in [6.07, 6.45) is 0. The van der Waals surface area contributed by atoms with Crippen molar-refractivity contribution in [3.8, 4) is 18.0 Å². The largest absolute Gasteiger partial charge is 0.493 e. The van der Waals surface area contributed by atoms with Crippen LogP contribution in [0.25, 0.3) is 0 Å². The highest BCUT2D eigenvalue weighted by molar-refractivity contribution is 5.94. The van der Waals surface area contributed by atoms with Crippen LogP contribution in [0.15, 0.2) is 39.3 Å². The number of carbonyl (C=O) groups is 1. The predicted octanol–water partition coefficient (Wildman–Crippen LogP) is 2.37. The van der Waals surface area contributed by atoms with Crippen LogP contribution in [0.4, 0.5) is 11.4 Å². The van der Waals surface area contributed by atoms with Crippen molar-refractivity contribution in [2.75, 3.05) is 6.61 Å². The van der Waals surface area contributed by atoms with Crippen LogP contribution < -0.4 is 5.56 Å². The van der Waals surface area contributed by atoms with Crippen LogP contribution in [0.5, 0.6) is 5.88 Å². The molecule has 2 rings (SSSR count). The monoisotopic (exact) mass is 351 g/mol. The molecule has 0 saturated heterocycles. The first-order valence-corrected chi connectivity index (χ1v) is 7.29. The van der Waals surface area contributed by atoms with Gasteiger partial charge in [0, 0.05) is 12.6 Å². The van der Waals surface area contributed by atoms with Gasteiger partial charge in [0.2, 0.25) is 5.88 Å². The first-order valence-electron chi connectivity index (χ1n) is 7.29. The van der Waals surface area contributed by atoms with Crippen molar-refractivity contribution >= 4 is 17.3 Å². The van der Waals surface area contributed by atoms with E-state index in [9.17, 15) is 14.7 Å². The van der Waals surface area contributed by atoms with E-state index in [1.807, 2.05) is 0 Å². The molecule has 1 N–H and O–H groups in total. The Labute approximate surface area is 148 Å². The molecule has 1 aromatic heterocycles. The fraction of sp³-hybridized carbons (Fsp3) is 0.176. The van der Waals surface area contributed by atoms with E-state index in [2.05, 4.69) is 10.2 Å². The summed E-state index contributed by atoms with van der Waals surface area (Å²) in [6.45, 7) is 1.05. The van der Waals surface area contributed by atoms with Gasteiger partial charge in [-0.2, -0.15) is 10.5 Å². The normalized spacial score (nSPS) is 10.3. The number of nitrogens with zero attached hydrogens (tertiary/aromatic N) is 5. The zero-order chi connectivity index (χ0) is 19.3. The number of hydrogen-bond acceptors (Lipinski definition) is 8. The highest BCUT2D eigenvalue weighted by Gasteiger charge is 2.17. The van der Waals surface area contributed by atoms with Crippen molar-refractivity contribution in [3.05, 3.63) is 51.3 Å². The van der Waals surface area contributed by atoms with E-state index in [1.54, 1.807) is 24.3 Å². The summed E-state index contributed by atoms with van der Waals surface area (Å²) in [6, 6.07) is 9.61. The predicted molar refractivity (Wildman–Crippen MR) is 89.3 cm³/mol. The third kappa shape index (κ3) is 3.42. The van der Waals surface area contributed by atoms with E-state index < -0.39 is 24.0 Å². The van der Waals surface area contributed by atoms with Crippen LogP contribution in [-0.4, -0.2) is 22.2 Å². The number of aromatic nitrogens is 1. The number of azo groups is 1. The van der Waals surface area contributed by atoms with Gasteiger partial charge in [-0.25, -0.2) is 4.79 Å². The van der Waals surface area contributed by atoms with E-state index in [0.29, 0.717) is 0 Å². The molecule has 0 radical (unpaired) electrons. The van der Waals surface area contributed by atoms with E-state index in [-0.39, 0.29) is 28.1 Å². The zero-order valence-electron chi connectivity index (χ0n) is 13.9. The SMILES string of the molecule is Cc1c(C#N)c(O)n(C)c(=O)c1N=Nc1ccccc1C(=O)OCC#N. The van der Waals surface area contributed by atoms with Gasteiger partial charge in [0.05, 0.1) is 5.56 Å². The second-order valence-corrected chi connectivity index (χ2v) is 5.10. The molecule has 0 aliphatic heterocycles. The maximum Gasteiger partial charge on any atom is 0.341 e. The molecule has 2 aromatic rings. The molecule has 1 heterocycles. The van der Waals surface area contributed by atoms with Gasteiger partial charge >= 0.3 is 5.97 Å². The molecular formula is C17H13N5O4. The van der Waals surface area contributed by atoms with Crippen molar-refractivity contribution in [2.45, 2.75) is 6.92 Å². The lowest BCUT2D eigenvalue weighted by atomic mass is 10.1. The molecule has 0 saturated carbocycles. The summed E-state index contributed by atoms with van der Waals surface area (Å²) in [5.41, 5.74) is -0.512. The molecule has 1 aromatic carbocycles. The molecular weight excluding hydrogens is 338 g/mol. The van der Waals surface area contributed by atoms with Crippen LogP contribution in [0.2, 0.25) is 0 Å². The molecule has 0 spiro atoms. The van der Waals surface area contributed by atoms with Crippen LogP contribution in [-0.2, 0) is 11.8 Å². The molecule has 0 atom stereocenters. The highest BCUT2D eigenvalue weighted by atomic mass is 16.5. The molecule has 0 amide bonds. The lowest BCUT2D eigenvalue weighted by Crippen LogP contribution is -2.18. The smallest absolute Gasteiger partial charge is 0.341 e. The number of ether oxygens (including phenoxy) is 1. The third-order valence-electron chi connectivity index (χ3n) is 3.54. The van der Waals surface area contributed by atoms with E-state index in [1.165, 1.54) is 26.1 Å². The van der Waals surface area contributed by atoms with Gasteiger partial charge in [0.15, 0.2) is 12.3 Å². The van der Waals surface area contributed by atoms with Crippen LogP contribution >= 0.6 is 0 Å². The van der Waals surface area contributed by atoms with Gasteiger partial charge in [0.1, 0.15) is 23.4 Å². The Morgan fingerprint density at radius 3 is 2.65 bits per heavy atom. The number of hydrogen-bond donors (Lipinski definition) is 1. The van der Waals surface area contributed by atoms with Crippen LogP contribution in [0, 0.1) is 29.6 Å². The molecule has 0 fully saturated rings. The number of carbonyl (C=O) groups excluding carboxylic acids is 1. The molecule has 26 heavy (non-hydrogen) atoms. The molecule has 0 unspecified atom stereocenters. The number of rotatable bonds is 4. The number of pyridine rings is 1. The summed E-state index contributed by atoms with van der Waals surface area (Å²) in [5, 5.41) is 35.3. The third-order valence-corrected chi connectivity index (χ3v) is 3.54. The maximum atomic E-state index is 12.3. The molecule has 9 heteroatoms. The minimum absolute atomic E-state index is 0.0697. The highest BCUT2D eigenvalue weighted by Crippen LogP contribution is 2.27. The van der Waals surface area contributed by atoms with Gasteiger partial charge in [-0.05, 0) is 19.1 Å². The molecule has 0 bridgehead atoms. The van der Waals surface area contributed by atoms with E-state index >= 15 is 0 Å². The van der Waals surface area contributed by atoms with Gasteiger partial charge < -0.3 is 9.84 Å². The lowest BCUT2D eigenvalue weighted by molar-refractivity contribution is 0.0556. The minimum atomic E-state index is -0.755. The Morgan fingerprint density at radius 1 is 1.31 bits per heavy atom. The Morgan fingerprint density at radius 2 is 2.00 bits per heavy atom. The summed E-state index contributed by atoms with van der Waals surface area (Å²) in [5.74, 6) is -1.22. The average molecular weight is 351 g/mol. The number of nitriles is 2. The standard InChI is InChI=1S/C17H13N5O4/c1-10-12(9-19)15(23)22(2)16(24)14(10)21-20-13-6-4-3-5-11(13)17(25)26-8-7-18/h3-6,23H,8H2,1-2H3. The van der Waals surface area contributed by atoms with Gasteiger partial charge in [-0.1, -0.05) is 12.1 Å². The maximum absolute atomic E-state index is 12.3. The summed E-state index contributed by atoms with van der Waals surface area (Å²) in [7, 11) is 1.30. The van der Waals surface area contributed by atoms with Crippen molar-refractivity contribution in [3.63, 3.8) is 0 Å². The zero-order valence-corrected chi connectivity index (χ0v) is 13.9. The molecule has 0 aliphatic carbocycles. The Balaban J connectivity index is 2.52. The van der Waals surface area contributed by atoms with Gasteiger partial charge in [-0.15, -0.1) is 10.2 Å².